The Morgan fingerprint density at radius 2 is 1.68 bits per heavy atom. The van der Waals surface area contributed by atoms with Crippen molar-refractivity contribution in [2.24, 2.45) is 0 Å². The molecule has 0 aliphatic carbocycles. The molecule has 2 aromatic heterocycles. The topological polar surface area (TPSA) is 286 Å². The number of nitrogens with zero attached hydrogens (tertiary/aromatic N) is 4. The molecule has 1 saturated heterocycles. The second-order valence-electron chi connectivity index (χ2n) is 8.36. The molecular weight excluding hydrogens is 601 g/mol. The van der Waals surface area contributed by atoms with Gasteiger partial charge in [0.1, 0.15) is 24.6 Å². The summed E-state index contributed by atoms with van der Waals surface area (Å²) < 4.78 is 51.5. The van der Waals surface area contributed by atoms with Crippen LogP contribution in [0.25, 0.3) is 11.2 Å². The molecule has 22 heteroatoms. The fourth-order valence-electron chi connectivity index (χ4n) is 3.70. The number of nitrogens with one attached hydrogen (secondary N) is 2. The number of phosphoric acid groups is 3. The summed E-state index contributed by atoms with van der Waals surface area (Å²) in [6, 6.07) is 0. The van der Waals surface area contributed by atoms with E-state index in [-0.39, 0.29) is 13.1 Å². The fourth-order valence-corrected chi connectivity index (χ4v) is 6.60. The highest BCUT2D eigenvalue weighted by Gasteiger charge is 2.45. The van der Waals surface area contributed by atoms with Gasteiger partial charge < -0.3 is 49.7 Å². The molecule has 1 aliphatic rings. The fraction of sp³-hybridized carbons (Fsp3) is 0.722. The number of aromatic nitrogens is 4. The van der Waals surface area contributed by atoms with Gasteiger partial charge in [0.15, 0.2) is 23.2 Å². The first-order valence-corrected chi connectivity index (χ1v) is 16.0. The Hall–Kier alpha value is -1.40. The summed E-state index contributed by atoms with van der Waals surface area (Å²) in [6.07, 6.45) is 0.413. The highest BCUT2D eigenvalue weighted by Crippen LogP contribution is 2.61. The summed E-state index contributed by atoms with van der Waals surface area (Å²) in [5.74, 6) is 0.432. The van der Waals surface area contributed by atoms with E-state index in [4.69, 9.17) is 9.63 Å². The smallest absolute Gasteiger partial charge is 0.280 e. The van der Waals surface area contributed by atoms with Gasteiger partial charge in [-0.05, 0) is 26.4 Å². The number of aliphatic hydroxyl groups is 2. The average Bonchev–Trinajstić information content (AvgIpc) is 3.36. The minimum absolute atomic E-state index is 0. The lowest BCUT2D eigenvalue weighted by Crippen LogP contribution is -2.34. The SMILES string of the molecule is C.CNCCCCCCNc1ncnc2c1ncn2[C@@H]1O[C@H](COP(=O)([O-])OP(=O)([O-])OP(=O)([O-])O)[C@H](O)C1O. The predicted molar refractivity (Wildman–Crippen MR) is 132 cm³/mol. The van der Waals surface area contributed by atoms with Crippen molar-refractivity contribution in [1.82, 2.24) is 24.8 Å². The zero-order valence-electron chi connectivity index (χ0n) is 20.5. The van der Waals surface area contributed by atoms with E-state index < -0.39 is 54.6 Å². The summed E-state index contributed by atoms with van der Waals surface area (Å²) >= 11 is 0. The Morgan fingerprint density at radius 3 is 2.33 bits per heavy atom. The van der Waals surface area contributed by atoms with Gasteiger partial charge in [-0.1, -0.05) is 20.3 Å². The number of unbranched alkanes of at least 4 members (excludes halogenated alkanes) is 3. The molecule has 0 bridgehead atoms. The van der Waals surface area contributed by atoms with E-state index in [0.29, 0.717) is 17.9 Å². The Labute approximate surface area is 229 Å². The van der Waals surface area contributed by atoms with Gasteiger partial charge in [-0.3, -0.25) is 18.3 Å². The molecule has 3 rings (SSSR count). The molecule has 0 radical (unpaired) electrons. The van der Waals surface area contributed by atoms with Crippen LogP contribution in [0.4, 0.5) is 5.82 Å². The number of ether oxygens (including phenoxy) is 1. The maximum Gasteiger partial charge on any atom is 0.280 e. The molecule has 5 N–H and O–H groups in total. The lowest BCUT2D eigenvalue weighted by Gasteiger charge is -2.33. The molecule has 1 aliphatic heterocycles. The van der Waals surface area contributed by atoms with E-state index in [2.05, 4.69) is 38.7 Å². The van der Waals surface area contributed by atoms with Crippen LogP contribution < -0.4 is 25.3 Å². The third-order valence-corrected chi connectivity index (χ3v) is 9.11. The zero-order valence-corrected chi connectivity index (χ0v) is 23.2. The number of imidazole rings is 1. The van der Waals surface area contributed by atoms with Crippen LogP contribution in [0.3, 0.4) is 0 Å². The first-order valence-electron chi connectivity index (χ1n) is 11.5. The van der Waals surface area contributed by atoms with Crippen LogP contribution in [0.15, 0.2) is 12.7 Å². The van der Waals surface area contributed by atoms with Gasteiger partial charge in [0.25, 0.3) is 23.5 Å². The Balaban J connectivity index is 0.00000560. The zero-order chi connectivity index (χ0) is 28.8. The van der Waals surface area contributed by atoms with Gasteiger partial charge in [-0.2, -0.15) is 0 Å². The molecule has 19 nitrogen and oxygen atoms in total. The number of phosphoric ester groups is 1. The Morgan fingerprint density at radius 1 is 1.00 bits per heavy atom. The lowest BCUT2D eigenvalue weighted by molar-refractivity contribution is -0.250. The first kappa shape index (κ1) is 34.8. The van der Waals surface area contributed by atoms with Gasteiger partial charge in [0, 0.05) is 6.54 Å². The van der Waals surface area contributed by atoms with Crippen LogP contribution in [0.1, 0.15) is 39.3 Å². The van der Waals surface area contributed by atoms with Crippen molar-refractivity contribution in [3.05, 3.63) is 12.7 Å². The molecule has 0 saturated carbocycles. The molecule has 7 atom stereocenters. The number of aliphatic hydroxyl groups excluding tert-OH is 2. The number of fused-ring (bicyclic) bond motifs is 1. The molecule has 230 valence electrons. The minimum atomic E-state index is -6.09. The summed E-state index contributed by atoms with van der Waals surface area (Å²) in [6.45, 7) is 0.529. The van der Waals surface area contributed by atoms with Crippen molar-refractivity contribution in [2.45, 2.75) is 57.6 Å². The number of hydrogen-bond acceptors (Lipinski definition) is 17. The van der Waals surface area contributed by atoms with Gasteiger partial charge >= 0.3 is 0 Å². The van der Waals surface area contributed by atoms with Crippen LogP contribution in [-0.4, -0.2) is 79.7 Å². The maximum absolute atomic E-state index is 11.8. The van der Waals surface area contributed by atoms with Crippen molar-refractivity contribution in [2.75, 3.05) is 32.1 Å². The predicted octanol–water partition coefficient (Wildman–Crippen LogP) is -1.28. The quantitative estimate of drug-likeness (QED) is 0.106. The van der Waals surface area contributed by atoms with Crippen molar-refractivity contribution in [1.29, 1.82) is 0 Å². The van der Waals surface area contributed by atoms with E-state index >= 15 is 0 Å². The van der Waals surface area contributed by atoms with Gasteiger partial charge in [-0.25, -0.2) is 23.6 Å². The molecule has 3 heterocycles. The summed E-state index contributed by atoms with van der Waals surface area (Å²) in [7, 11) is -15.9. The summed E-state index contributed by atoms with van der Waals surface area (Å²) in [5.41, 5.74) is 0.577. The second-order valence-corrected chi connectivity index (χ2v) is 12.6. The summed E-state index contributed by atoms with van der Waals surface area (Å²) in [5, 5.41) is 27.1. The highest BCUT2D eigenvalue weighted by molar-refractivity contribution is 7.65. The molecule has 40 heavy (non-hydrogen) atoms. The van der Waals surface area contributed by atoms with E-state index in [1.807, 2.05) is 7.05 Å². The molecule has 1 fully saturated rings. The van der Waals surface area contributed by atoms with E-state index in [9.17, 15) is 38.6 Å². The minimum Gasteiger partial charge on any atom is -0.756 e. The maximum atomic E-state index is 11.8. The highest BCUT2D eigenvalue weighted by atomic mass is 31.3. The third-order valence-electron chi connectivity index (χ3n) is 5.42. The molecular formula is C18H32N6O13P3-3. The van der Waals surface area contributed by atoms with Crippen molar-refractivity contribution in [3.63, 3.8) is 0 Å². The van der Waals surface area contributed by atoms with Crippen LogP contribution in [0.5, 0.6) is 0 Å². The van der Waals surface area contributed by atoms with Crippen molar-refractivity contribution >= 4 is 40.4 Å². The van der Waals surface area contributed by atoms with E-state index in [1.54, 1.807) is 0 Å². The van der Waals surface area contributed by atoms with Crippen LogP contribution >= 0.6 is 23.5 Å². The molecule has 0 spiro atoms. The largest absolute Gasteiger partial charge is 0.756 e. The number of rotatable bonds is 16. The number of hydrogen-bond donors (Lipinski definition) is 5. The molecule has 0 aromatic carbocycles. The van der Waals surface area contributed by atoms with Gasteiger partial charge in [0.2, 0.25) is 0 Å². The Kier molecular flexibility index (Phi) is 12.8. The third kappa shape index (κ3) is 9.86. The van der Waals surface area contributed by atoms with Crippen molar-refractivity contribution < 1.29 is 61.4 Å². The van der Waals surface area contributed by atoms with Crippen LogP contribution in [0.2, 0.25) is 0 Å². The Bertz CT molecular complexity index is 1250. The van der Waals surface area contributed by atoms with Crippen LogP contribution in [-0.2, 0) is 31.6 Å². The van der Waals surface area contributed by atoms with Crippen molar-refractivity contribution in [3.8, 4) is 0 Å². The molecule has 0 amide bonds. The first-order chi connectivity index (χ1) is 18.2. The van der Waals surface area contributed by atoms with E-state index in [0.717, 1.165) is 32.2 Å². The van der Waals surface area contributed by atoms with Crippen LogP contribution in [0, 0.1) is 0 Å². The monoisotopic (exact) mass is 633 g/mol. The van der Waals surface area contributed by atoms with Gasteiger partial charge in [-0.15, -0.1) is 0 Å². The molecule has 2 aromatic rings. The normalized spacial score (nSPS) is 25.6. The number of anilines is 1. The standard InChI is InChI=1S/C17H31N6O13P3.CH4/c1-18-6-4-2-3-5-7-19-15-12-16(21-9-20-15)23(10-22-12)17-14(25)13(24)11(34-17)8-33-38(29,30)36-39(31,32)35-37(26,27)28;/h9-11,13-14,17-18,24-25H,2-8H2,1H3,(H,29,30)(H,31,32)(H,19,20,21)(H2,26,27,28);1H4/p-3/t11-,13+,14?,17-;/m1./s1. The summed E-state index contributed by atoms with van der Waals surface area (Å²) in [4.78, 5) is 54.6. The lowest BCUT2D eigenvalue weighted by atomic mass is 10.1. The van der Waals surface area contributed by atoms with Gasteiger partial charge in [0.05, 0.1) is 12.9 Å². The molecule has 4 unspecified atom stereocenters. The average molecular weight is 633 g/mol. The second kappa shape index (κ2) is 14.7. The van der Waals surface area contributed by atoms with E-state index in [1.165, 1.54) is 17.2 Å².